The molecular weight excluding hydrogens is 378 g/mol. The van der Waals surface area contributed by atoms with Gasteiger partial charge >= 0.3 is 11.9 Å². The van der Waals surface area contributed by atoms with Gasteiger partial charge in [0.05, 0.1) is 17.9 Å². The van der Waals surface area contributed by atoms with Crippen molar-refractivity contribution in [3.05, 3.63) is 59.7 Å². The van der Waals surface area contributed by atoms with Crippen LogP contribution in [0.2, 0.25) is 0 Å². The maximum atomic E-state index is 12.1. The number of rotatable bonds is 7. The number of benzene rings is 2. The van der Waals surface area contributed by atoms with E-state index in [0.29, 0.717) is 11.5 Å². The summed E-state index contributed by atoms with van der Waals surface area (Å²) < 4.78 is 20.4. The van der Waals surface area contributed by atoms with Gasteiger partial charge < -0.3 is 24.3 Å². The second-order valence-corrected chi connectivity index (χ2v) is 5.87. The van der Waals surface area contributed by atoms with E-state index in [1.54, 1.807) is 43.3 Å². The monoisotopic (exact) mass is 397 g/mol. The molecule has 0 fully saturated rings. The van der Waals surface area contributed by atoms with Crippen LogP contribution in [0.3, 0.4) is 0 Å². The van der Waals surface area contributed by atoms with Crippen molar-refractivity contribution in [1.29, 1.82) is 0 Å². The van der Waals surface area contributed by atoms with Crippen LogP contribution in [-0.2, 0) is 19.1 Å². The third kappa shape index (κ3) is 5.35. The summed E-state index contributed by atoms with van der Waals surface area (Å²) in [7, 11) is 0. The Morgan fingerprint density at radius 3 is 2.69 bits per heavy atom. The highest BCUT2D eigenvalue weighted by Crippen LogP contribution is 2.32. The number of carbonyl (C=O) groups is 3. The minimum Gasteiger partial charge on any atom is -0.462 e. The van der Waals surface area contributed by atoms with Gasteiger partial charge in [0.2, 0.25) is 6.79 Å². The fourth-order valence-corrected chi connectivity index (χ4v) is 2.53. The molecule has 2 aromatic carbocycles. The predicted octanol–water partition coefficient (Wildman–Crippen LogP) is 2.79. The molecule has 0 bridgehead atoms. The molecule has 1 heterocycles. The van der Waals surface area contributed by atoms with Gasteiger partial charge in [0, 0.05) is 6.08 Å². The molecule has 29 heavy (non-hydrogen) atoms. The van der Waals surface area contributed by atoms with Crippen LogP contribution in [0.1, 0.15) is 22.8 Å². The number of ether oxygens (including phenoxy) is 4. The molecule has 0 aromatic heterocycles. The Balaban J connectivity index is 1.52. The smallest absolute Gasteiger partial charge is 0.340 e. The van der Waals surface area contributed by atoms with Gasteiger partial charge in [-0.15, -0.1) is 0 Å². The quantitative estimate of drug-likeness (QED) is 0.566. The van der Waals surface area contributed by atoms with Crippen molar-refractivity contribution in [3.63, 3.8) is 0 Å². The van der Waals surface area contributed by atoms with Crippen LogP contribution in [0.25, 0.3) is 6.08 Å². The van der Waals surface area contributed by atoms with Crippen molar-refractivity contribution < 1.29 is 33.3 Å². The van der Waals surface area contributed by atoms with Crippen molar-refractivity contribution in [1.82, 2.24) is 0 Å². The Bertz CT molecular complexity index is 952. The first-order valence-corrected chi connectivity index (χ1v) is 8.87. The average Bonchev–Trinajstić information content (AvgIpc) is 3.19. The van der Waals surface area contributed by atoms with Gasteiger partial charge in [-0.05, 0) is 42.8 Å². The maximum Gasteiger partial charge on any atom is 0.340 e. The highest BCUT2D eigenvalue weighted by atomic mass is 16.7. The SMILES string of the molecule is CCOC(=O)c1ccccc1NC(=O)COC(=O)C=Cc1ccc2c(c1)OCO2. The molecule has 2 aromatic rings. The van der Waals surface area contributed by atoms with Gasteiger partial charge in [0.15, 0.2) is 18.1 Å². The van der Waals surface area contributed by atoms with Crippen LogP contribution < -0.4 is 14.8 Å². The minimum absolute atomic E-state index is 0.166. The lowest BCUT2D eigenvalue weighted by Gasteiger charge is -2.10. The number of esters is 2. The Labute approximate surface area is 167 Å². The number of nitrogens with one attached hydrogen (secondary N) is 1. The van der Waals surface area contributed by atoms with E-state index in [9.17, 15) is 14.4 Å². The molecule has 1 N–H and O–H groups in total. The second-order valence-electron chi connectivity index (χ2n) is 5.87. The summed E-state index contributed by atoms with van der Waals surface area (Å²) in [4.78, 5) is 35.8. The Hall–Kier alpha value is -3.81. The molecule has 0 atom stereocenters. The highest BCUT2D eigenvalue weighted by molar-refractivity contribution is 6.02. The topological polar surface area (TPSA) is 100 Å². The van der Waals surface area contributed by atoms with Crippen LogP contribution in [0.4, 0.5) is 5.69 Å². The maximum absolute atomic E-state index is 12.1. The van der Waals surface area contributed by atoms with E-state index in [-0.39, 0.29) is 24.7 Å². The first-order valence-electron chi connectivity index (χ1n) is 8.87. The normalized spacial score (nSPS) is 11.9. The lowest BCUT2D eigenvalue weighted by Crippen LogP contribution is -2.21. The Morgan fingerprint density at radius 2 is 1.86 bits per heavy atom. The Kier molecular flexibility index (Phi) is 6.47. The van der Waals surface area contributed by atoms with Gasteiger partial charge in [0.25, 0.3) is 5.91 Å². The van der Waals surface area contributed by atoms with E-state index < -0.39 is 24.5 Å². The zero-order valence-corrected chi connectivity index (χ0v) is 15.7. The molecule has 150 valence electrons. The Morgan fingerprint density at radius 1 is 1.07 bits per heavy atom. The molecule has 8 heteroatoms. The molecule has 0 spiro atoms. The van der Waals surface area contributed by atoms with Gasteiger partial charge in [0.1, 0.15) is 0 Å². The number of fused-ring (bicyclic) bond motifs is 1. The van der Waals surface area contributed by atoms with E-state index in [2.05, 4.69) is 5.32 Å². The number of para-hydroxylation sites is 1. The van der Waals surface area contributed by atoms with Crippen LogP contribution >= 0.6 is 0 Å². The van der Waals surface area contributed by atoms with E-state index in [1.807, 2.05) is 0 Å². The standard InChI is InChI=1S/C21H19NO7/c1-2-26-21(25)15-5-3-4-6-16(15)22-19(23)12-27-20(24)10-8-14-7-9-17-18(11-14)29-13-28-17/h3-11H,2,12-13H2,1H3,(H,22,23). The summed E-state index contributed by atoms with van der Waals surface area (Å²) in [5.41, 5.74) is 1.22. The molecule has 1 amide bonds. The highest BCUT2D eigenvalue weighted by Gasteiger charge is 2.15. The molecule has 0 saturated carbocycles. The molecule has 8 nitrogen and oxygen atoms in total. The lowest BCUT2D eigenvalue weighted by atomic mass is 10.2. The van der Waals surface area contributed by atoms with Crippen molar-refractivity contribution >= 4 is 29.6 Å². The van der Waals surface area contributed by atoms with Crippen LogP contribution in [0.15, 0.2) is 48.5 Å². The molecule has 3 rings (SSSR count). The van der Waals surface area contributed by atoms with Crippen LogP contribution in [-0.4, -0.2) is 37.9 Å². The third-order valence-electron chi connectivity index (χ3n) is 3.85. The zero-order valence-electron chi connectivity index (χ0n) is 15.7. The van der Waals surface area contributed by atoms with E-state index >= 15 is 0 Å². The molecule has 1 aliphatic rings. The van der Waals surface area contributed by atoms with Crippen molar-refractivity contribution in [3.8, 4) is 11.5 Å². The van der Waals surface area contributed by atoms with Crippen LogP contribution in [0, 0.1) is 0 Å². The van der Waals surface area contributed by atoms with E-state index in [0.717, 1.165) is 5.56 Å². The number of amides is 1. The lowest BCUT2D eigenvalue weighted by molar-refractivity contribution is -0.142. The molecule has 0 aliphatic carbocycles. The van der Waals surface area contributed by atoms with Crippen molar-refractivity contribution in [2.24, 2.45) is 0 Å². The second kappa shape index (κ2) is 9.41. The number of carbonyl (C=O) groups excluding carboxylic acids is 3. The molecule has 0 unspecified atom stereocenters. The number of hydrogen-bond donors (Lipinski definition) is 1. The van der Waals surface area contributed by atoms with Gasteiger partial charge in [-0.25, -0.2) is 9.59 Å². The first-order chi connectivity index (χ1) is 14.1. The van der Waals surface area contributed by atoms with Gasteiger partial charge in [-0.2, -0.15) is 0 Å². The molecule has 0 saturated heterocycles. The van der Waals surface area contributed by atoms with Gasteiger partial charge in [-0.1, -0.05) is 18.2 Å². The van der Waals surface area contributed by atoms with Crippen molar-refractivity contribution in [2.45, 2.75) is 6.92 Å². The summed E-state index contributed by atoms with van der Waals surface area (Å²) in [5.74, 6) is -0.570. The minimum atomic E-state index is -0.684. The number of hydrogen-bond acceptors (Lipinski definition) is 7. The largest absolute Gasteiger partial charge is 0.462 e. The summed E-state index contributed by atoms with van der Waals surface area (Å²) in [6, 6.07) is 11.6. The average molecular weight is 397 g/mol. The molecule has 0 radical (unpaired) electrons. The van der Waals surface area contributed by atoms with Crippen LogP contribution in [0.5, 0.6) is 11.5 Å². The summed E-state index contributed by atoms with van der Waals surface area (Å²) in [5, 5.41) is 2.54. The van der Waals surface area contributed by atoms with Gasteiger partial charge in [-0.3, -0.25) is 4.79 Å². The predicted molar refractivity (Wildman–Crippen MR) is 104 cm³/mol. The van der Waals surface area contributed by atoms with E-state index in [1.165, 1.54) is 18.2 Å². The summed E-state index contributed by atoms with van der Waals surface area (Å²) >= 11 is 0. The third-order valence-corrected chi connectivity index (χ3v) is 3.85. The fraction of sp³-hybridized carbons (Fsp3) is 0.190. The van der Waals surface area contributed by atoms with E-state index in [4.69, 9.17) is 18.9 Å². The summed E-state index contributed by atoms with van der Waals surface area (Å²) in [6.45, 7) is 1.57. The first kappa shape index (κ1) is 19.9. The molecular formula is C21H19NO7. The fourth-order valence-electron chi connectivity index (χ4n) is 2.53. The number of anilines is 1. The summed E-state index contributed by atoms with van der Waals surface area (Å²) in [6.07, 6.45) is 2.75. The van der Waals surface area contributed by atoms with Crippen molar-refractivity contribution in [2.75, 3.05) is 25.3 Å². The molecule has 1 aliphatic heterocycles. The zero-order chi connectivity index (χ0) is 20.6.